The maximum absolute atomic E-state index is 12.3. The fraction of sp³-hybridized carbons (Fsp3) is 0.312. The minimum absolute atomic E-state index is 0.138. The molecule has 3 heteroatoms. The van der Waals surface area contributed by atoms with Gasteiger partial charge in [-0.25, -0.2) is 0 Å². The lowest BCUT2D eigenvalue weighted by Crippen LogP contribution is -2.11. The maximum atomic E-state index is 12.3. The number of fused-ring (bicyclic) bond motifs is 1. The first-order valence-corrected chi connectivity index (χ1v) is 6.53. The molecule has 0 bridgehead atoms. The second-order valence-electron chi connectivity index (χ2n) is 5.03. The van der Waals surface area contributed by atoms with Crippen LogP contribution in [0.3, 0.4) is 0 Å². The molecular formula is C16H17NO2. The van der Waals surface area contributed by atoms with Gasteiger partial charge in [0, 0.05) is 24.5 Å². The van der Waals surface area contributed by atoms with Crippen LogP contribution in [0, 0.1) is 0 Å². The van der Waals surface area contributed by atoms with Gasteiger partial charge in [-0.3, -0.25) is 4.84 Å². The van der Waals surface area contributed by atoms with E-state index in [0.717, 1.165) is 40.8 Å². The zero-order valence-electron chi connectivity index (χ0n) is 11.5. The van der Waals surface area contributed by atoms with Gasteiger partial charge < -0.3 is 5.11 Å². The Kier molecular flexibility index (Phi) is 2.70. The van der Waals surface area contributed by atoms with Gasteiger partial charge in [-0.1, -0.05) is 30.0 Å². The summed E-state index contributed by atoms with van der Waals surface area (Å²) >= 11 is 0. The molecular weight excluding hydrogens is 238 g/mol. The number of nitrogens with zero attached hydrogens (tertiary/aromatic N) is 1. The Morgan fingerprint density at radius 1 is 1.11 bits per heavy atom. The summed E-state index contributed by atoms with van der Waals surface area (Å²) in [6.07, 6.45) is 1.91. The van der Waals surface area contributed by atoms with Gasteiger partial charge in [-0.15, -0.1) is 0 Å². The first-order valence-electron chi connectivity index (χ1n) is 6.53. The van der Waals surface area contributed by atoms with Gasteiger partial charge in [0.2, 0.25) is 11.4 Å². The number of rotatable bonds is 1. The van der Waals surface area contributed by atoms with Crippen molar-refractivity contribution in [3.05, 3.63) is 46.7 Å². The Bertz CT molecular complexity index is 650. The average molecular weight is 255 g/mol. The summed E-state index contributed by atoms with van der Waals surface area (Å²) in [4.78, 5) is 5.46. The molecule has 98 valence electrons. The van der Waals surface area contributed by atoms with Gasteiger partial charge in [0.15, 0.2) is 0 Å². The van der Waals surface area contributed by atoms with E-state index in [4.69, 9.17) is 4.84 Å². The highest BCUT2D eigenvalue weighted by atomic mass is 16.7. The summed E-state index contributed by atoms with van der Waals surface area (Å²) in [5, 5.41) is 12.3. The zero-order chi connectivity index (χ0) is 13.6. The van der Waals surface area contributed by atoms with Crippen molar-refractivity contribution in [2.75, 3.05) is 7.11 Å². The molecule has 1 aromatic carbocycles. The summed E-state index contributed by atoms with van der Waals surface area (Å²) in [5.74, 6) is 0.138. The fourth-order valence-corrected chi connectivity index (χ4v) is 3.01. The SMILES string of the molecule is CO[N+]1=C(C)CC/C1=C1/C(C)=C([O-])c2ccccc21. The molecule has 0 N–H and O–H groups in total. The third-order valence-electron chi connectivity index (χ3n) is 3.94. The highest BCUT2D eigenvalue weighted by Gasteiger charge is 2.34. The molecule has 0 atom stereocenters. The van der Waals surface area contributed by atoms with Crippen LogP contribution in [0.1, 0.15) is 37.8 Å². The molecule has 0 unspecified atom stereocenters. The normalized spacial score (nSPS) is 22.3. The molecule has 1 aliphatic heterocycles. The van der Waals surface area contributed by atoms with Crippen LogP contribution in [0.4, 0.5) is 0 Å². The summed E-state index contributed by atoms with van der Waals surface area (Å²) in [6, 6.07) is 7.82. The minimum Gasteiger partial charge on any atom is -0.872 e. The van der Waals surface area contributed by atoms with Crippen LogP contribution in [-0.4, -0.2) is 17.6 Å². The largest absolute Gasteiger partial charge is 0.872 e. The highest BCUT2D eigenvalue weighted by Crippen LogP contribution is 2.42. The van der Waals surface area contributed by atoms with E-state index in [2.05, 4.69) is 6.92 Å². The molecule has 0 amide bonds. The van der Waals surface area contributed by atoms with Crippen molar-refractivity contribution >= 4 is 17.0 Å². The van der Waals surface area contributed by atoms with Gasteiger partial charge in [0.05, 0.1) is 5.57 Å². The topological polar surface area (TPSA) is 35.3 Å². The van der Waals surface area contributed by atoms with Crippen LogP contribution in [0.5, 0.6) is 0 Å². The van der Waals surface area contributed by atoms with Crippen LogP contribution in [0.15, 0.2) is 35.5 Å². The van der Waals surface area contributed by atoms with Crippen molar-refractivity contribution in [1.29, 1.82) is 0 Å². The van der Waals surface area contributed by atoms with Crippen LogP contribution < -0.4 is 5.11 Å². The minimum atomic E-state index is 0.138. The van der Waals surface area contributed by atoms with Gasteiger partial charge in [-0.05, 0) is 23.6 Å². The number of hydrogen-bond donors (Lipinski definition) is 0. The smallest absolute Gasteiger partial charge is 0.242 e. The molecule has 19 heavy (non-hydrogen) atoms. The fourth-order valence-electron chi connectivity index (χ4n) is 3.01. The van der Waals surface area contributed by atoms with Crippen molar-refractivity contribution in [1.82, 2.24) is 0 Å². The molecule has 3 rings (SSSR count). The predicted molar refractivity (Wildman–Crippen MR) is 73.1 cm³/mol. The molecule has 0 saturated heterocycles. The van der Waals surface area contributed by atoms with Gasteiger partial charge >= 0.3 is 0 Å². The summed E-state index contributed by atoms with van der Waals surface area (Å²) in [6.45, 7) is 3.97. The second kappa shape index (κ2) is 4.26. The third-order valence-corrected chi connectivity index (χ3v) is 3.94. The molecule has 0 aromatic heterocycles. The van der Waals surface area contributed by atoms with Gasteiger partial charge in [-0.2, -0.15) is 0 Å². The first-order chi connectivity index (χ1) is 9.15. The van der Waals surface area contributed by atoms with Crippen LogP contribution in [-0.2, 0) is 4.84 Å². The molecule has 0 spiro atoms. The summed E-state index contributed by atoms with van der Waals surface area (Å²) < 4.78 is 1.87. The standard InChI is InChI=1S/C16H17NO2/c1-10-8-9-14(17(10)19-3)15-11(2)16(18)13-7-5-4-6-12(13)15/h4-7H,8-9H2,1-3H3/b15-14+. The van der Waals surface area contributed by atoms with Crippen molar-refractivity contribution in [3.63, 3.8) is 0 Å². The molecule has 0 fully saturated rings. The molecule has 1 aromatic rings. The van der Waals surface area contributed by atoms with E-state index in [0.29, 0.717) is 0 Å². The average Bonchev–Trinajstić information content (AvgIpc) is 2.90. The highest BCUT2D eigenvalue weighted by molar-refractivity contribution is 5.98. The quantitative estimate of drug-likeness (QED) is 0.722. The molecule has 0 saturated carbocycles. The Hall–Kier alpha value is -2.03. The van der Waals surface area contributed by atoms with E-state index in [1.165, 1.54) is 5.71 Å². The van der Waals surface area contributed by atoms with E-state index in [1.807, 2.05) is 35.9 Å². The Morgan fingerprint density at radius 2 is 1.79 bits per heavy atom. The molecule has 2 aliphatic rings. The van der Waals surface area contributed by atoms with Crippen molar-refractivity contribution < 1.29 is 14.7 Å². The predicted octanol–water partition coefficient (Wildman–Crippen LogP) is 2.33. The summed E-state index contributed by atoms with van der Waals surface area (Å²) in [5.41, 5.74) is 6.03. The van der Waals surface area contributed by atoms with Gasteiger partial charge in [0.1, 0.15) is 7.11 Å². The third kappa shape index (κ3) is 1.61. The van der Waals surface area contributed by atoms with Crippen molar-refractivity contribution in [2.24, 2.45) is 0 Å². The lowest BCUT2D eigenvalue weighted by Gasteiger charge is -2.08. The summed E-state index contributed by atoms with van der Waals surface area (Å²) in [7, 11) is 1.67. The number of hydrogen-bond acceptors (Lipinski definition) is 2. The Balaban J connectivity index is 2.28. The monoisotopic (exact) mass is 255 g/mol. The number of benzene rings is 1. The maximum Gasteiger partial charge on any atom is 0.242 e. The van der Waals surface area contributed by atoms with Crippen molar-refractivity contribution in [3.8, 4) is 0 Å². The van der Waals surface area contributed by atoms with E-state index >= 15 is 0 Å². The second-order valence-corrected chi connectivity index (χ2v) is 5.03. The van der Waals surface area contributed by atoms with Crippen LogP contribution >= 0.6 is 0 Å². The number of hydroxylamine groups is 1. The lowest BCUT2D eigenvalue weighted by molar-refractivity contribution is -0.741. The first kappa shape index (κ1) is 12.0. The van der Waals surface area contributed by atoms with E-state index in [-0.39, 0.29) is 5.76 Å². The van der Waals surface area contributed by atoms with Crippen molar-refractivity contribution in [2.45, 2.75) is 26.7 Å². The lowest BCUT2D eigenvalue weighted by atomic mass is 10.00. The molecule has 3 nitrogen and oxygen atoms in total. The van der Waals surface area contributed by atoms with Crippen LogP contribution in [0.25, 0.3) is 11.3 Å². The van der Waals surface area contributed by atoms with Gasteiger partial charge in [0.25, 0.3) is 0 Å². The Labute approximate surface area is 113 Å². The van der Waals surface area contributed by atoms with E-state index in [1.54, 1.807) is 7.11 Å². The molecule has 0 radical (unpaired) electrons. The zero-order valence-corrected chi connectivity index (χ0v) is 11.5. The van der Waals surface area contributed by atoms with E-state index in [9.17, 15) is 5.11 Å². The number of allylic oxidation sites excluding steroid dienone is 3. The van der Waals surface area contributed by atoms with E-state index < -0.39 is 0 Å². The van der Waals surface area contributed by atoms with Crippen LogP contribution in [0.2, 0.25) is 0 Å². The Morgan fingerprint density at radius 3 is 2.47 bits per heavy atom. The molecule has 1 aliphatic carbocycles. The molecule has 1 heterocycles.